The number of fused-ring (bicyclic) bond motifs is 1. The Kier molecular flexibility index (Phi) is 6.03. The molecule has 1 aliphatic rings. The number of hydrogen-bond donors (Lipinski definition) is 0. The highest BCUT2D eigenvalue weighted by Crippen LogP contribution is 2.34. The molecule has 0 amide bonds. The minimum absolute atomic E-state index is 0.402. The standard InChI is InChI=1S/C25H28N2O/c1-28-25-11-5-3-9-22(25)19-24-23-10-4-2-8-21(23)14-18-27(24)17-6-7-20-12-15-26-16-13-20/h2-5,8-13,15-16,24H,6-7,14,17-19H2,1H3. The van der Waals surface area contributed by atoms with Crippen molar-refractivity contribution in [2.75, 3.05) is 20.2 Å². The van der Waals surface area contributed by atoms with Crippen molar-refractivity contribution in [2.24, 2.45) is 0 Å². The van der Waals surface area contributed by atoms with Gasteiger partial charge in [0.1, 0.15) is 5.75 Å². The largest absolute Gasteiger partial charge is 0.496 e. The zero-order valence-electron chi connectivity index (χ0n) is 16.6. The fourth-order valence-electron chi connectivity index (χ4n) is 4.33. The van der Waals surface area contributed by atoms with Gasteiger partial charge < -0.3 is 4.74 Å². The Hall–Kier alpha value is -2.65. The molecule has 1 aromatic heterocycles. The molecule has 0 fully saturated rings. The van der Waals surface area contributed by atoms with E-state index in [1.165, 1.54) is 22.3 Å². The number of methoxy groups -OCH3 is 1. The number of benzene rings is 2. The van der Waals surface area contributed by atoms with Crippen LogP contribution in [-0.2, 0) is 19.3 Å². The Balaban J connectivity index is 1.53. The minimum atomic E-state index is 0.402. The third kappa shape index (κ3) is 4.26. The summed E-state index contributed by atoms with van der Waals surface area (Å²) in [6.45, 7) is 2.23. The molecule has 0 saturated heterocycles. The number of pyridine rings is 1. The summed E-state index contributed by atoms with van der Waals surface area (Å²) in [5.41, 5.74) is 5.62. The van der Waals surface area contributed by atoms with E-state index >= 15 is 0 Å². The molecule has 144 valence electrons. The van der Waals surface area contributed by atoms with E-state index < -0.39 is 0 Å². The molecule has 3 nitrogen and oxygen atoms in total. The summed E-state index contributed by atoms with van der Waals surface area (Å²) in [4.78, 5) is 6.78. The first-order valence-electron chi connectivity index (χ1n) is 10.2. The summed E-state index contributed by atoms with van der Waals surface area (Å²) in [6, 6.07) is 22.0. The molecule has 3 heteroatoms. The van der Waals surface area contributed by atoms with Crippen LogP contribution in [0.4, 0.5) is 0 Å². The van der Waals surface area contributed by atoms with E-state index in [1.807, 2.05) is 18.5 Å². The van der Waals surface area contributed by atoms with E-state index in [0.29, 0.717) is 6.04 Å². The van der Waals surface area contributed by atoms with Gasteiger partial charge in [0, 0.05) is 25.0 Å². The second-order valence-corrected chi connectivity index (χ2v) is 7.48. The van der Waals surface area contributed by atoms with Crippen LogP contribution in [-0.4, -0.2) is 30.1 Å². The van der Waals surface area contributed by atoms with Crippen LogP contribution < -0.4 is 4.74 Å². The number of hydrogen-bond acceptors (Lipinski definition) is 3. The third-order valence-electron chi connectivity index (χ3n) is 5.79. The van der Waals surface area contributed by atoms with E-state index in [-0.39, 0.29) is 0 Å². The van der Waals surface area contributed by atoms with Crippen LogP contribution in [0.1, 0.15) is 34.7 Å². The summed E-state index contributed by atoms with van der Waals surface area (Å²) < 4.78 is 5.62. The van der Waals surface area contributed by atoms with Crippen molar-refractivity contribution < 1.29 is 4.74 Å². The van der Waals surface area contributed by atoms with Gasteiger partial charge in [-0.3, -0.25) is 9.88 Å². The Morgan fingerprint density at radius 3 is 2.64 bits per heavy atom. The summed E-state index contributed by atoms with van der Waals surface area (Å²) >= 11 is 0. The first kappa shape index (κ1) is 18.7. The van der Waals surface area contributed by atoms with E-state index in [9.17, 15) is 0 Å². The van der Waals surface area contributed by atoms with Crippen LogP contribution in [0.25, 0.3) is 0 Å². The highest BCUT2D eigenvalue weighted by atomic mass is 16.5. The number of nitrogens with zero attached hydrogens (tertiary/aromatic N) is 2. The van der Waals surface area contributed by atoms with Crippen molar-refractivity contribution in [1.29, 1.82) is 0 Å². The molecule has 0 aliphatic carbocycles. The molecule has 0 spiro atoms. The molecule has 0 N–H and O–H groups in total. The van der Waals surface area contributed by atoms with Gasteiger partial charge in [-0.1, -0.05) is 42.5 Å². The van der Waals surface area contributed by atoms with Gasteiger partial charge in [-0.2, -0.15) is 0 Å². The van der Waals surface area contributed by atoms with Crippen molar-refractivity contribution in [3.63, 3.8) is 0 Å². The lowest BCUT2D eigenvalue weighted by atomic mass is 9.88. The smallest absolute Gasteiger partial charge is 0.122 e. The lowest BCUT2D eigenvalue weighted by Crippen LogP contribution is -2.37. The van der Waals surface area contributed by atoms with Gasteiger partial charge in [0.15, 0.2) is 0 Å². The van der Waals surface area contributed by atoms with Gasteiger partial charge in [0.2, 0.25) is 0 Å². The van der Waals surface area contributed by atoms with Crippen LogP contribution in [0.2, 0.25) is 0 Å². The maximum Gasteiger partial charge on any atom is 0.122 e. The molecular formula is C25H28N2O. The highest BCUT2D eigenvalue weighted by molar-refractivity contribution is 5.38. The molecule has 0 saturated carbocycles. The fourth-order valence-corrected chi connectivity index (χ4v) is 4.33. The van der Waals surface area contributed by atoms with Gasteiger partial charge in [0.05, 0.1) is 7.11 Å². The fraction of sp³-hybridized carbons (Fsp3) is 0.320. The number of aryl methyl sites for hydroxylation is 1. The van der Waals surface area contributed by atoms with Crippen molar-refractivity contribution in [3.05, 3.63) is 95.3 Å². The lowest BCUT2D eigenvalue weighted by Gasteiger charge is -2.38. The molecule has 3 aromatic rings. The van der Waals surface area contributed by atoms with Gasteiger partial charge in [-0.05, 0) is 72.7 Å². The molecule has 4 rings (SSSR count). The van der Waals surface area contributed by atoms with Crippen LogP contribution in [0.5, 0.6) is 5.75 Å². The number of ether oxygens (including phenoxy) is 1. The van der Waals surface area contributed by atoms with Crippen LogP contribution in [0, 0.1) is 0 Å². The lowest BCUT2D eigenvalue weighted by molar-refractivity contribution is 0.180. The summed E-state index contributed by atoms with van der Waals surface area (Å²) in [5, 5.41) is 0. The number of rotatable bonds is 7. The number of para-hydroxylation sites is 1. The summed E-state index contributed by atoms with van der Waals surface area (Å²) in [6.07, 6.45) is 8.15. The highest BCUT2D eigenvalue weighted by Gasteiger charge is 2.27. The van der Waals surface area contributed by atoms with Gasteiger partial charge in [-0.15, -0.1) is 0 Å². The normalized spacial score (nSPS) is 16.5. The maximum absolute atomic E-state index is 5.62. The summed E-state index contributed by atoms with van der Waals surface area (Å²) in [5.74, 6) is 0.988. The van der Waals surface area contributed by atoms with E-state index in [2.05, 4.69) is 64.5 Å². The molecule has 2 heterocycles. The van der Waals surface area contributed by atoms with E-state index in [1.54, 1.807) is 7.11 Å². The second kappa shape index (κ2) is 9.03. The van der Waals surface area contributed by atoms with E-state index in [0.717, 1.165) is 44.5 Å². The Labute approximate surface area is 168 Å². The van der Waals surface area contributed by atoms with Crippen molar-refractivity contribution in [3.8, 4) is 5.75 Å². The number of aromatic nitrogens is 1. The van der Waals surface area contributed by atoms with E-state index in [4.69, 9.17) is 4.74 Å². The first-order valence-corrected chi connectivity index (χ1v) is 10.2. The van der Waals surface area contributed by atoms with Crippen molar-refractivity contribution in [1.82, 2.24) is 9.88 Å². The Bertz CT molecular complexity index is 894. The molecule has 0 radical (unpaired) electrons. The molecule has 2 aromatic carbocycles. The molecule has 1 aliphatic heterocycles. The van der Waals surface area contributed by atoms with Crippen LogP contribution >= 0.6 is 0 Å². The second-order valence-electron chi connectivity index (χ2n) is 7.48. The SMILES string of the molecule is COc1ccccc1CC1c2ccccc2CCN1CCCc1ccncc1. The Morgan fingerprint density at radius 1 is 1.00 bits per heavy atom. The predicted molar refractivity (Wildman–Crippen MR) is 114 cm³/mol. The molecular weight excluding hydrogens is 344 g/mol. The maximum atomic E-state index is 5.62. The van der Waals surface area contributed by atoms with Gasteiger partial charge >= 0.3 is 0 Å². The molecule has 1 unspecified atom stereocenters. The predicted octanol–water partition coefficient (Wildman–Crippen LogP) is 4.86. The molecule has 0 bridgehead atoms. The van der Waals surface area contributed by atoms with Gasteiger partial charge in [-0.25, -0.2) is 0 Å². The van der Waals surface area contributed by atoms with Crippen LogP contribution in [0.3, 0.4) is 0 Å². The minimum Gasteiger partial charge on any atom is -0.496 e. The third-order valence-corrected chi connectivity index (χ3v) is 5.79. The monoisotopic (exact) mass is 372 g/mol. The van der Waals surface area contributed by atoms with Crippen molar-refractivity contribution in [2.45, 2.75) is 31.7 Å². The topological polar surface area (TPSA) is 25.4 Å². The summed E-state index contributed by atoms with van der Waals surface area (Å²) in [7, 11) is 1.76. The average molecular weight is 373 g/mol. The van der Waals surface area contributed by atoms with Crippen molar-refractivity contribution >= 4 is 0 Å². The Morgan fingerprint density at radius 2 is 1.79 bits per heavy atom. The first-order chi connectivity index (χ1) is 13.8. The quantitative estimate of drug-likeness (QED) is 0.592. The zero-order chi connectivity index (χ0) is 19.2. The zero-order valence-corrected chi connectivity index (χ0v) is 16.6. The van der Waals surface area contributed by atoms with Gasteiger partial charge in [0.25, 0.3) is 0 Å². The van der Waals surface area contributed by atoms with Crippen LogP contribution in [0.15, 0.2) is 73.1 Å². The molecule has 1 atom stereocenters. The molecule has 28 heavy (non-hydrogen) atoms. The average Bonchev–Trinajstić information content (AvgIpc) is 2.76.